The van der Waals surface area contributed by atoms with Crippen LogP contribution in [0.4, 0.5) is 0 Å². The Morgan fingerprint density at radius 1 is 1.40 bits per heavy atom. The average Bonchev–Trinajstić information content (AvgIpc) is 2.14. The first kappa shape index (κ1) is 14.0. The summed E-state index contributed by atoms with van der Waals surface area (Å²) < 4.78 is 0. The average molecular weight is 210 g/mol. The number of rotatable bonds is 5. The molecular weight excluding hydrogens is 188 g/mol. The van der Waals surface area contributed by atoms with E-state index in [0.717, 1.165) is 0 Å². The van der Waals surface area contributed by atoms with Crippen LogP contribution in [0.3, 0.4) is 0 Å². The normalized spacial score (nSPS) is 13.4. The summed E-state index contributed by atoms with van der Waals surface area (Å²) in [6.45, 7) is 11.5. The summed E-state index contributed by atoms with van der Waals surface area (Å²) in [7, 11) is 0. The van der Waals surface area contributed by atoms with E-state index in [1.807, 2.05) is 6.07 Å². The fraction of sp³-hybridized carbons (Fsp3) is 0.833. The molecule has 86 valence electrons. The molecule has 0 bridgehead atoms. The molecule has 0 aromatic carbocycles. The Kier molecular flexibility index (Phi) is 5.35. The molecule has 3 nitrogen and oxygen atoms in total. The van der Waals surface area contributed by atoms with Gasteiger partial charge in [-0.2, -0.15) is 5.26 Å². The molecule has 0 aliphatic rings. The number of amides is 1. The summed E-state index contributed by atoms with van der Waals surface area (Å²) in [6.07, 6.45) is -0.0495. The van der Waals surface area contributed by atoms with Crippen molar-refractivity contribution in [1.29, 1.82) is 5.26 Å². The number of carbonyl (C=O) groups excluding carboxylic acids is 1. The van der Waals surface area contributed by atoms with Gasteiger partial charge in [0.05, 0.1) is 6.07 Å². The highest BCUT2D eigenvalue weighted by Crippen LogP contribution is 2.31. The van der Waals surface area contributed by atoms with Crippen molar-refractivity contribution in [1.82, 2.24) is 5.32 Å². The van der Waals surface area contributed by atoms with E-state index in [2.05, 4.69) is 39.9 Å². The summed E-state index contributed by atoms with van der Waals surface area (Å²) in [6, 6.07) is 1.84. The number of carbonyl (C=O) groups is 1. The van der Waals surface area contributed by atoms with Gasteiger partial charge in [-0.3, -0.25) is 4.79 Å². The first-order valence-electron chi connectivity index (χ1n) is 5.45. The monoisotopic (exact) mass is 210 g/mol. The molecule has 0 aliphatic heterocycles. The van der Waals surface area contributed by atoms with E-state index in [-0.39, 0.29) is 17.7 Å². The lowest BCUT2D eigenvalue weighted by Gasteiger charge is -2.34. The Hall–Kier alpha value is -1.04. The minimum absolute atomic E-state index is 0.0495. The second kappa shape index (κ2) is 5.75. The molecule has 15 heavy (non-hydrogen) atoms. The summed E-state index contributed by atoms with van der Waals surface area (Å²) >= 11 is 0. The molecule has 0 aliphatic carbocycles. The van der Waals surface area contributed by atoms with E-state index >= 15 is 0 Å². The van der Waals surface area contributed by atoms with Gasteiger partial charge in [0.15, 0.2) is 0 Å². The zero-order valence-electron chi connectivity index (χ0n) is 10.4. The molecule has 0 aromatic heterocycles. The molecule has 1 unspecified atom stereocenters. The molecule has 0 heterocycles. The first-order chi connectivity index (χ1) is 6.81. The van der Waals surface area contributed by atoms with Gasteiger partial charge in [-0.05, 0) is 17.3 Å². The third-order valence-corrected chi connectivity index (χ3v) is 3.21. The van der Waals surface area contributed by atoms with Crippen LogP contribution in [0.25, 0.3) is 0 Å². The fourth-order valence-electron chi connectivity index (χ4n) is 1.52. The topological polar surface area (TPSA) is 52.9 Å². The van der Waals surface area contributed by atoms with Crippen molar-refractivity contribution in [3.8, 4) is 6.07 Å². The standard InChI is InChI=1S/C12H22N2O/c1-9(2)10(3)12(4,5)8-14-11(15)6-7-13/h9-10H,6,8H2,1-5H3,(H,14,15). The summed E-state index contributed by atoms with van der Waals surface area (Å²) in [4.78, 5) is 11.1. The number of nitrogens with one attached hydrogen (secondary N) is 1. The molecule has 0 aromatic rings. The van der Waals surface area contributed by atoms with Crippen LogP contribution < -0.4 is 5.32 Å². The van der Waals surface area contributed by atoms with Crippen LogP contribution in [0.5, 0.6) is 0 Å². The minimum atomic E-state index is -0.179. The lowest BCUT2D eigenvalue weighted by molar-refractivity contribution is -0.120. The summed E-state index contributed by atoms with van der Waals surface area (Å²) in [5.74, 6) is 0.939. The number of nitriles is 1. The van der Waals surface area contributed by atoms with Crippen molar-refractivity contribution in [3.05, 3.63) is 0 Å². The molecule has 1 amide bonds. The van der Waals surface area contributed by atoms with E-state index in [1.165, 1.54) is 0 Å². The van der Waals surface area contributed by atoms with Crippen molar-refractivity contribution in [2.75, 3.05) is 6.54 Å². The zero-order valence-corrected chi connectivity index (χ0v) is 10.4. The number of nitrogens with zero attached hydrogens (tertiary/aromatic N) is 1. The van der Waals surface area contributed by atoms with Gasteiger partial charge in [0.25, 0.3) is 0 Å². The van der Waals surface area contributed by atoms with Crippen LogP contribution in [-0.4, -0.2) is 12.5 Å². The van der Waals surface area contributed by atoms with Crippen molar-refractivity contribution >= 4 is 5.91 Å². The van der Waals surface area contributed by atoms with Gasteiger partial charge in [0, 0.05) is 6.54 Å². The van der Waals surface area contributed by atoms with Gasteiger partial charge in [-0.15, -0.1) is 0 Å². The highest BCUT2D eigenvalue weighted by molar-refractivity contribution is 5.77. The van der Waals surface area contributed by atoms with Crippen molar-refractivity contribution in [2.24, 2.45) is 17.3 Å². The number of hydrogen-bond acceptors (Lipinski definition) is 2. The zero-order chi connectivity index (χ0) is 12.1. The summed E-state index contributed by atoms with van der Waals surface area (Å²) in [5.41, 5.74) is 0.0687. The highest BCUT2D eigenvalue weighted by Gasteiger charge is 2.28. The summed E-state index contributed by atoms with van der Waals surface area (Å²) in [5, 5.41) is 11.2. The Bertz CT molecular complexity index is 251. The second-order valence-electron chi connectivity index (χ2n) is 5.13. The lowest BCUT2D eigenvalue weighted by atomic mass is 9.74. The molecule has 0 saturated carbocycles. The Morgan fingerprint density at radius 2 is 1.93 bits per heavy atom. The van der Waals surface area contributed by atoms with E-state index in [9.17, 15) is 4.79 Å². The molecule has 0 rings (SSSR count). The Balaban J connectivity index is 4.16. The predicted octanol–water partition coefficient (Wildman–Crippen LogP) is 2.33. The first-order valence-corrected chi connectivity index (χ1v) is 5.45. The lowest BCUT2D eigenvalue weighted by Crippen LogP contribution is -2.39. The van der Waals surface area contributed by atoms with Gasteiger partial charge >= 0.3 is 0 Å². The second-order valence-corrected chi connectivity index (χ2v) is 5.13. The molecule has 0 fully saturated rings. The highest BCUT2D eigenvalue weighted by atomic mass is 16.1. The van der Waals surface area contributed by atoms with E-state index in [0.29, 0.717) is 18.4 Å². The minimum Gasteiger partial charge on any atom is -0.355 e. The fourth-order valence-corrected chi connectivity index (χ4v) is 1.52. The Labute approximate surface area is 92.9 Å². The molecule has 0 spiro atoms. The molecule has 0 radical (unpaired) electrons. The third-order valence-electron chi connectivity index (χ3n) is 3.21. The number of hydrogen-bond donors (Lipinski definition) is 1. The van der Waals surface area contributed by atoms with Crippen LogP contribution in [0, 0.1) is 28.6 Å². The van der Waals surface area contributed by atoms with Crippen LogP contribution in [0.15, 0.2) is 0 Å². The molecule has 1 atom stereocenters. The smallest absolute Gasteiger partial charge is 0.234 e. The van der Waals surface area contributed by atoms with E-state index in [4.69, 9.17) is 5.26 Å². The van der Waals surface area contributed by atoms with Gasteiger partial charge < -0.3 is 5.32 Å². The van der Waals surface area contributed by atoms with Crippen LogP contribution in [0.1, 0.15) is 41.0 Å². The van der Waals surface area contributed by atoms with Gasteiger partial charge in [0.1, 0.15) is 6.42 Å². The predicted molar refractivity (Wildman–Crippen MR) is 61.0 cm³/mol. The van der Waals surface area contributed by atoms with E-state index in [1.54, 1.807) is 0 Å². The maximum atomic E-state index is 11.1. The molecule has 1 N–H and O–H groups in total. The molecular formula is C12H22N2O. The molecule has 3 heteroatoms. The van der Waals surface area contributed by atoms with Gasteiger partial charge in [0.2, 0.25) is 5.91 Å². The van der Waals surface area contributed by atoms with Gasteiger partial charge in [-0.1, -0.05) is 34.6 Å². The van der Waals surface area contributed by atoms with Crippen LogP contribution in [0.2, 0.25) is 0 Å². The third kappa shape index (κ3) is 4.83. The van der Waals surface area contributed by atoms with Crippen molar-refractivity contribution < 1.29 is 4.79 Å². The Morgan fingerprint density at radius 3 is 2.33 bits per heavy atom. The van der Waals surface area contributed by atoms with Crippen molar-refractivity contribution in [3.63, 3.8) is 0 Å². The van der Waals surface area contributed by atoms with Crippen molar-refractivity contribution in [2.45, 2.75) is 41.0 Å². The molecule has 0 saturated heterocycles. The van der Waals surface area contributed by atoms with E-state index < -0.39 is 0 Å². The maximum absolute atomic E-state index is 11.1. The maximum Gasteiger partial charge on any atom is 0.234 e. The van der Waals surface area contributed by atoms with Crippen LogP contribution >= 0.6 is 0 Å². The van der Waals surface area contributed by atoms with Gasteiger partial charge in [-0.25, -0.2) is 0 Å². The quantitative estimate of drug-likeness (QED) is 0.757. The largest absolute Gasteiger partial charge is 0.355 e. The SMILES string of the molecule is CC(C)C(C)C(C)(C)CNC(=O)CC#N. The van der Waals surface area contributed by atoms with Crippen LogP contribution in [-0.2, 0) is 4.79 Å².